The van der Waals surface area contributed by atoms with Gasteiger partial charge in [0.25, 0.3) is 0 Å². The molecule has 1 saturated heterocycles. The van der Waals surface area contributed by atoms with Gasteiger partial charge >= 0.3 is 6.09 Å². The molecule has 1 fully saturated rings. The zero-order valence-electron chi connectivity index (χ0n) is 11.0. The number of amides is 1. The first-order valence-electron chi connectivity index (χ1n) is 6.04. The predicted octanol–water partition coefficient (Wildman–Crippen LogP) is 1.48. The predicted molar refractivity (Wildman–Crippen MR) is 64.9 cm³/mol. The molecule has 6 heteroatoms. The molecule has 2 heterocycles. The van der Waals surface area contributed by atoms with Crippen molar-refractivity contribution in [3.63, 3.8) is 0 Å². The van der Waals surface area contributed by atoms with E-state index in [2.05, 4.69) is 5.10 Å². The van der Waals surface area contributed by atoms with Crippen molar-refractivity contribution in [3.8, 4) is 0 Å². The van der Waals surface area contributed by atoms with E-state index in [-0.39, 0.29) is 12.3 Å². The van der Waals surface area contributed by atoms with Crippen LogP contribution in [0.25, 0.3) is 0 Å². The molecule has 0 radical (unpaired) electrons. The van der Waals surface area contributed by atoms with Gasteiger partial charge in [-0.3, -0.25) is 9.58 Å². The number of rotatable bonds is 2. The Hall–Kier alpha value is -1.56. The second-order valence-electron chi connectivity index (χ2n) is 5.23. The van der Waals surface area contributed by atoms with Gasteiger partial charge < -0.3 is 9.47 Å². The molecule has 1 aliphatic heterocycles. The van der Waals surface area contributed by atoms with E-state index in [0.717, 1.165) is 0 Å². The van der Waals surface area contributed by atoms with Crippen molar-refractivity contribution < 1.29 is 14.3 Å². The van der Waals surface area contributed by atoms with Crippen molar-refractivity contribution in [1.82, 2.24) is 14.7 Å². The Labute approximate surface area is 106 Å². The summed E-state index contributed by atoms with van der Waals surface area (Å²) in [5, 5.41) is 4.11. The van der Waals surface area contributed by atoms with Crippen LogP contribution >= 0.6 is 0 Å². The van der Waals surface area contributed by atoms with Gasteiger partial charge in [-0.2, -0.15) is 5.10 Å². The summed E-state index contributed by atoms with van der Waals surface area (Å²) in [5.74, 6) is 0. The Morgan fingerprint density at radius 3 is 2.94 bits per heavy atom. The third-order valence-electron chi connectivity index (χ3n) is 2.52. The number of hydrogen-bond acceptors (Lipinski definition) is 4. The Morgan fingerprint density at radius 2 is 2.33 bits per heavy atom. The summed E-state index contributed by atoms with van der Waals surface area (Å²) in [5.41, 5.74) is -0.490. The number of nitrogens with zero attached hydrogens (tertiary/aromatic N) is 3. The van der Waals surface area contributed by atoms with Gasteiger partial charge in [0.15, 0.2) is 6.23 Å². The number of aromatic nitrogens is 2. The monoisotopic (exact) mass is 253 g/mol. The van der Waals surface area contributed by atoms with Gasteiger partial charge in [-0.25, -0.2) is 4.79 Å². The molecule has 1 aromatic rings. The van der Waals surface area contributed by atoms with E-state index in [1.165, 1.54) is 0 Å². The van der Waals surface area contributed by atoms with E-state index in [9.17, 15) is 4.79 Å². The van der Waals surface area contributed by atoms with Crippen LogP contribution in [0.2, 0.25) is 0 Å². The van der Waals surface area contributed by atoms with E-state index >= 15 is 0 Å². The molecule has 0 aliphatic carbocycles. The number of ether oxygens (including phenoxy) is 2. The van der Waals surface area contributed by atoms with Crippen LogP contribution in [0.1, 0.15) is 20.8 Å². The molecule has 0 N–H and O–H groups in total. The van der Waals surface area contributed by atoms with Gasteiger partial charge in [0.1, 0.15) is 5.60 Å². The maximum Gasteiger partial charge on any atom is 0.412 e. The highest BCUT2D eigenvalue weighted by Gasteiger charge is 2.33. The van der Waals surface area contributed by atoms with E-state index in [0.29, 0.717) is 19.7 Å². The summed E-state index contributed by atoms with van der Waals surface area (Å²) in [4.78, 5) is 13.6. The van der Waals surface area contributed by atoms with Gasteiger partial charge in [0.2, 0.25) is 0 Å². The average molecular weight is 253 g/mol. The summed E-state index contributed by atoms with van der Waals surface area (Å²) >= 11 is 0. The second-order valence-corrected chi connectivity index (χ2v) is 5.23. The summed E-state index contributed by atoms with van der Waals surface area (Å²) in [6.07, 6.45) is 2.90. The molecular weight excluding hydrogens is 234 g/mol. The molecule has 1 amide bonds. The van der Waals surface area contributed by atoms with Crippen molar-refractivity contribution >= 4 is 6.09 Å². The van der Waals surface area contributed by atoms with Gasteiger partial charge in [-0.1, -0.05) is 0 Å². The minimum Gasteiger partial charge on any atom is -0.444 e. The first-order valence-corrected chi connectivity index (χ1v) is 6.04. The van der Waals surface area contributed by atoms with Gasteiger partial charge in [-0.05, 0) is 26.8 Å². The number of carbonyl (C=O) groups excluding carboxylic acids is 1. The average Bonchev–Trinajstić information content (AvgIpc) is 2.86. The third kappa shape index (κ3) is 3.22. The second kappa shape index (κ2) is 4.97. The maximum absolute atomic E-state index is 12.0. The van der Waals surface area contributed by atoms with Crippen molar-refractivity contribution in [3.05, 3.63) is 18.5 Å². The highest BCUT2D eigenvalue weighted by Crippen LogP contribution is 2.17. The highest BCUT2D eigenvalue weighted by atomic mass is 16.6. The molecule has 18 heavy (non-hydrogen) atoms. The Morgan fingerprint density at radius 1 is 1.56 bits per heavy atom. The van der Waals surface area contributed by atoms with Gasteiger partial charge in [0.05, 0.1) is 19.7 Å². The molecule has 100 valence electrons. The lowest BCUT2D eigenvalue weighted by atomic mass is 10.2. The van der Waals surface area contributed by atoms with E-state index in [1.54, 1.807) is 15.8 Å². The minimum atomic E-state index is -0.490. The smallest absolute Gasteiger partial charge is 0.412 e. The first kappa shape index (κ1) is 12.9. The minimum absolute atomic E-state index is 0.306. The number of carbonyl (C=O) groups is 1. The van der Waals surface area contributed by atoms with Crippen LogP contribution in [-0.4, -0.2) is 45.8 Å². The summed E-state index contributed by atoms with van der Waals surface area (Å²) < 4.78 is 12.6. The zero-order chi connectivity index (χ0) is 13.2. The highest BCUT2D eigenvalue weighted by molar-refractivity contribution is 5.68. The summed E-state index contributed by atoms with van der Waals surface area (Å²) in [6, 6.07) is 1.84. The molecule has 1 atom stereocenters. The number of hydrogen-bond donors (Lipinski definition) is 0. The molecular formula is C12H19N3O3. The van der Waals surface area contributed by atoms with Crippen LogP contribution in [0.15, 0.2) is 18.5 Å². The summed E-state index contributed by atoms with van der Waals surface area (Å²) in [7, 11) is 0. The van der Waals surface area contributed by atoms with Crippen LogP contribution in [-0.2, 0) is 16.0 Å². The SMILES string of the molecule is CC(C)(C)OC(=O)N1CCOC1Cn1cccn1. The van der Waals surface area contributed by atoms with Crippen molar-refractivity contribution in [2.24, 2.45) is 0 Å². The lowest BCUT2D eigenvalue weighted by molar-refractivity contribution is -0.0157. The molecule has 0 bridgehead atoms. The fourth-order valence-corrected chi connectivity index (χ4v) is 1.77. The fraction of sp³-hybridized carbons (Fsp3) is 0.667. The lowest BCUT2D eigenvalue weighted by Gasteiger charge is -2.27. The third-order valence-corrected chi connectivity index (χ3v) is 2.52. The molecule has 0 spiro atoms. The van der Waals surface area contributed by atoms with Crippen molar-refractivity contribution in [2.75, 3.05) is 13.2 Å². The molecule has 0 saturated carbocycles. The topological polar surface area (TPSA) is 56.6 Å². The van der Waals surface area contributed by atoms with E-state index < -0.39 is 5.60 Å². The van der Waals surface area contributed by atoms with Crippen LogP contribution in [0.3, 0.4) is 0 Å². The van der Waals surface area contributed by atoms with Gasteiger partial charge in [0, 0.05) is 12.4 Å². The molecule has 6 nitrogen and oxygen atoms in total. The van der Waals surface area contributed by atoms with Crippen LogP contribution in [0.4, 0.5) is 4.79 Å². The maximum atomic E-state index is 12.0. The van der Waals surface area contributed by atoms with Crippen molar-refractivity contribution in [2.45, 2.75) is 39.1 Å². The van der Waals surface area contributed by atoms with Crippen molar-refractivity contribution in [1.29, 1.82) is 0 Å². The molecule has 0 aromatic carbocycles. The molecule has 1 aliphatic rings. The fourth-order valence-electron chi connectivity index (χ4n) is 1.77. The standard InChI is InChI=1S/C12H19N3O3/c1-12(2,3)18-11(16)15-7-8-17-10(15)9-14-6-4-5-13-14/h4-6,10H,7-9H2,1-3H3. The summed E-state index contributed by atoms with van der Waals surface area (Å²) in [6.45, 7) is 7.16. The Balaban J connectivity index is 1.97. The largest absolute Gasteiger partial charge is 0.444 e. The van der Waals surface area contributed by atoms with E-state index in [4.69, 9.17) is 9.47 Å². The first-order chi connectivity index (χ1) is 8.46. The van der Waals surface area contributed by atoms with Crippen LogP contribution in [0.5, 0.6) is 0 Å². The van der Waals surface area contributed by atoms with Gasteiger partial charge in [-0.15, -0.1) is 0 Å². The normalized spacial score (nSPS) is 20.2. The van der Waals surface area contributed by atoms with Crippen LogP contribution in [0, 0.1) is 0 Å². The van der Waals surface area contributed by atoms with E-state index in [1.807, 2.05) is 33.0 Å². The zero-order valence-corrected chi connectivity index (χ0v) is 11.0. The molecule has 2 rings (SSSR count). The Bertz CT molecular complexity index is 397. The quantitative estimate of drug-likeness (QED) is 0.801. The Kier molecular flexibility index (Phi) is 3.56. The molecule has 1 aromatic heterocycles. The lowest BCUT2D eigenvalue weighted by Crippen LogP contribution is -2.42. The molecule has 1 unspecified atom stereocenters. The van der Waals surface area contributed by atoms with Crippen LogP contribution < -0.4 is 0 Å².